The molecule has 1 N–H and O–H groups in total. The first kappa shape index (κ1) is 23.5. The van der Waals surface area contributed by atoms with Gasteiger partial charge in [0.25, 0.3) is 5.91 Å². The van der Waals surface area contributed by atoms with Gasteiger partial charge < -0.3 is 14.8 Å². The number of aromatic nitrogens is 3. The van der Waals surface area contributed by atoms with E-state index in [-0.39, 0.29) is 29.1 Å². The third-order valence-electron chi connectivity index (χ3n) is 7.40. The summed E-state index contributed by atoms with van der Waals surface area (Å²) in [5.41, 5.74) is 1.32. The molecule has 1 unspecified atom stereocenters. The van der Waals surface area contributed by atoms with E-state index in [0.717, 1.165) is 30.7 Å². The van der Waals surface area contributed by atoms with E-state index in [9.17, 15) is 18.0 Å². The highest BCUT2D eigenvalue weighted by Gasteiger charge is 2.41. The molecule has 0 radical (unpaired) electrons. The summed E-state index contributed by atoms with van der Waals surface area (Å²) < 4.78 is 43.9. The summed E-state index contributed by atoms with van der Waals surface area (Å²) >= 11 is 0. The highest BCUT2D eigenvalue weighted by Crippen LogP contribution is 2.40. The minimum Gasteiger partial charge on any atom is -0.320 e. The molecule has 9 heteroatoms. The van der Waals surface area contributed by atoms with E-state index in [1.54, 1.807) is 18.5 Å². The van der Waals surface area contributed by atoms with Gasteiger partial charge in [0.2, 0.25) is 0 Å². The minimum atomic E-state index is -4.54. The molecule has 35 heavy (non-hydrogen) atoms. The van der Waals surface area contributed by atoms with Crippen LogP contribution < -0.4 is 10.2 Å². The maximum atomic E-state index is 14.0. The predicted molar refractivity (Wildman–Crippen MR) is 126 cm³/mol. The van der Waals surface area contributed by atoms with Gasteiger partial charge in [-0.1, -0.05) is 19.1 Å². The molecule has 6 nitrogen and oxygen atoms in total. The lowest BCUT2D eigenvalue weighted by Crippen LogP contribution is -2.47. The van der Waals surface area contributed by atoms with Crippen LogP contribution in [-0.4, -0.2) is 26.2 Å². The van der Waals surface area contributed by atoms with Gasteiger partial charge in [0.1, 0.15) is 12.2 Å². The lowest BCUT2D eigenvalue weighted by atomic mass is 9.78. The van der Waals surface area contributed by atoms with E-state index in [4.69, 9.17) is 0 Å². The molecule has 0 spiro atoms. The molecule has 1 aromatic heterocycles. The maximum Gasteiger partial charge on any atom is 0.416 e. The van der Waals surface area contributed by atoms with Crippen LogP contribution in [0, 0.1) is 0 Å². The van der Waals surface area contributed by atoms with Crippen LogP contribution in [0.25, 0.3) is 0 Å². The number of carbonyl (C=O) groups excluding carboxylic acids is 1. The Morgan fingerprint density at radius 3 is 2.60 bits per heavy atom. The van der Waals surface area contributed by atoms with Crippen molar-refractivity contribution < 1.29 is 18.0 Å². The number of halogens is 3. The quantitative estimate of drug-likeness (QED) is 0.525. The molecular weight excluding hydrogens is 455 g/mol. The second kappa shape index (κ2) is 8.48. The van der Waals surface area contributed by atoms with Crippen LogP contribution in [0.3, 0.4) is 0 Å². The average molecular weight is 484 g/mol. The first-order valence-electron chi connectivity index (χ1n) is 11.8. The number of carbonyl (C=O) groups is 1. The Labute approximate surface area is 202 Å². The summed E-state index contributed by atoms with van der Waals surface area (Å²) in [6.45, 7) is 4.24. The second-order valence-corrected chi connectivity index (χ2v) is 9.94. The monoisotopic (exact) mass is 483 g/mol. The van der Waals surface area contributed by atoms with Crippen LogP contribution in [0.4, 0.5) is 18.9 Å². The highest BCUT2D eigenvalue weighted by molar-refractivity contribution is 6.10. The number of amides is 1. The third kappa shape index (κ3) is 4.33. The Kier molecular flexibility index (Phi) is 5.70. The molecule has 3 aromatic rings. The fraction of sp³-hybridized carbons (Fsp3) is 0.423. The van der Waals surface area contributed by atoms with Crippen molar-refractivity contribution in [3.8, 4) is 0 Å². The number of alkyl halides is 3. The number of hydrogen-bond acceptors (Lipinski definition) is 4. The van der Waals surface area contributed by atoms with Crippen LogP contribution >= 0.6 is 0 Å². The second-order valence-electron chi connectivity index (χ2n) is 9.94. The number of anilines is 1. The predicted octanol–water partition coefficient (Wildman–Crippen LogP) is 5.18. The molecule has 1 aliphatic heterocycles. The molecule has 0 bridgehead atoms. The average Bonchev–Trinajstić information content (AvgIpc) is 3.38. The number of hydrogen-bond donors (Lipinski definition) is 1. The molecule has 1 atom stereocenters. The molecule has 184 valence electrons. The maximum absolute atomic E-state index is 14.0. The standard InChI is InChI=1S/C26H28F3N5O/c1-16(23-32-31-15-33(23)3)18-6-4-7-19(12-18)34-14-21-20(24(34)35)10-17(11-22(21)26(27,28)29)13-30-25(2)8-5-9-25/h4,6-7,10-12,15-16,30H,5,8-9,13-14H2,1-3H3. The van der Waals surface area contributed by atoms with Crippen molar-refractivity contribution in [3.63, 3.8) is 0 Å². The lowest BCUT2D eigenvalue weighted by molar-refractivity contribution is -0.138. The number of rotatable bonds is 6. The first-order chi connectivity index (χ1) is 16.6. The van der Waals surface area contributed by atoms with Crippen molar-refractivity contribution in [1.82, 2.24) is 20.1 Å². The molecule has 1 saturated carbocycles. The Morgan fingerprint density at radius 1 is 1.20 bits per heavy atom. The van der Waals surface area contributed by atoms with Gasteiger partial charge >= 0.3 is 6.18 Å². The van der Waals surface area contributed by atoms with Gasteiger partial charge in [0.15, 0.2) is 0 Å². The Bertz CT molecular complexity index is 1280. The summed E-state index contributed by atoms with van der Waals surface area (Å²) in [5.74, 6) is 0.249. The van der Waals surface area contributed by atoms with Crippen LogP contribution in [0.15, 0.2) is 42.7 Å². The summed E-state index contributed by atoms with van der Waals surface area (Å²) in [6, 6.07) is 10.1. The number of aryl methyl sites for hydroxylation is 1. The third-order valence-corrected chi connectivity index (χ3v) is 7.40. The summed E-state index contributed by atoms with van der Waals surface area (Å²) in [6.07, 6.45) is 0.189. The molecular formula is C26H28F3N5O. The van der Waals surface area contributed by atoms with E-state index in [2.05, 4.69) is 22.4 Å². The molecule has 5 rings (SSSR count). The number of nitrogens with zero attached hydrogens (tertiary/aromatic N) is 4. The topological polar surface area (TPSA) is 63.1 Å². The van der Waals surface area contributed by atoms with Crippen molar-refractivity contribution >= 4 is 11.6 Å². The van der Waals surface area contributed by atoms with Gasteiger partial charge in [-0.05, 0) is 67.1 Å². The zero-order chi connectivity index (χ0) is 25.0. The van der Waals surface area contributed by atoms with Crippen molar-refractivity contribution in [2.24, 2.45) is 7.05 Å². The van der Waals surface area contributed by atoms with Gasteiger partial charge in [0, 0.05) is 36.3 Å². The number of fused-ring (bicyclic) bond motifs is 1. The number of nitrogens with one attached hydrogen (secondary N) is 1. The Balaban J connectivity index is 1.46. The van der Waals surface area contributed by atoms with Gasteiger partial charge in [0.05, 0.1) is 12.1 Å². The summed E-state index contributed by atoms with van der Waals surface area (Å²) in [4.78, 5) is 14.8. The molecule has 0 saturated heterocycles. The first-order valence-corrected chi connectivity index (χ1v) is 11.8. The number of benzene rings is 2. The fourth-order valence-electron chi connectivity index (χ4n) is 5.03. The molecule has 2 heterocycles. The van der Waals surface area contributed by atoms with Crippen LogP contribution in [0.5, 0.6) is 0 Å². The van der Waals surface area contributed by atoms with Crippen LogP contribution in [-0.2, 0) is 26.3 Å². The zero-order valence-corrected chi connectivity index (χ0v) is 20.0. The van der Waals surface area contributed by atoms with Gasteiger partial charge in [-0.25, -0.2) is 0 Å². The minimum absolute atomic E-state index is 0.0351. The summed E-state index contributed by atoms with van der Waals surface area (Å²) in [7, 11) is 1.85. The van der Waals surface area contributed by atoms with Gasteiger partial charge in [-0.2, -0.15) is 13.2 Å². The molecule has 1 amide bonds. The largest absolute Gasteiger partial charge is 0.416 e. The van der Waals surface area contributed by atoms with Crippen molar-refractivity contribution in [2.75, 3.05) is 4.90 Å². The van der Waals surface area contributed by atoms with Crippen LogP contribution in [0.2, 0.25) is 0 Å². The van der Waals surface area contributed by atoms with Gasteiger partial charge in [-0.3, -0.25) is 4.79 Å². The lowest BCUT2D eigenvalue weighted by Gasteiger charge is -2.39. The molecule has 2 aliphatic rings. The van der Waals surface area contributed by atoms with E-state index in [1.165, 1.54) is 11.0 Å². The van der Waals surface area contributed by atoms with Gasteiger partial charge in [-0.15, -0.1) is 10.2 Å². The van der Waals surface area contributed by atoms with Crippen LogP contribution in [0.1, 0.15) is 77.5 Å². The highest BCUT2D eigenvalue weighted by atomic mass is 19.4. The SMILES string of the molecule is CC(c1cccc(N2Cc3c(cc(CNC4(C)CCC4)cc3C(F)(F)F)C2=O)c1)c1nncn1C. The van der Waals surface area contributed by atoms with E-state index in [0.29, 0.717) is 17.8 Å². The van der Waals surface area contributed by atoms with E-state index >= 15 is 0 Å². The smallest absolute Gasteiger partial charge is 0.320 e. The normalized spacial score (nSPS) is 17.9. The molecule has 1 aliphatic carbocycles. The molecule has 2 aromatic carbocycles. The van der Waals surface area contributed by atoms with E-state index < -0.39 is 17.6 Å². The fourth-order valence-corrected chi connectivity index (χ4v) is 5.03. The summed E-state index contributed by atoms with van der Waals surface area (Å²) in [5, 5.41) is 11.5. The Hall–Kier alpha value is -3.20. The molecule has 1 fully saturated rings. The Morgan fingerprint density at radius 2 is 1.97 bits per heavy atom. The van der Waals surface area contributed by atoms with Crippen molar-refractivity contribution in [3.05, 3.63) is 76.4 Å². The van der Waals surface area contributed by atoms with E-state index in [1.807, 2.05) is 36.7 Å². The van der Waals surface area contributed by atoms with Crippen molar-refractivity contribution in [1.29, 1.82) is 0 Å². The zero-order valence-electron chi connectivity index (χ0n) is 20.0. The van der Waals surface area contributed by atoms with Crippen molar-refractivity contribution in [2.45, 2.75) is 63.8 Å².